The number of hydrogen-bond donors (Lipinski definition) is 2. The molecular weight excluding hydrogens is 356 g/mol. The molecule has 4 nitrogen and oxygen atoms in total. The monoisotopic (exact) mass is 386 g/mol. The van der Waals surface area contributed by atoms with Crippen LogP contribution in [0.15, 0.2) is 24.3 Å². The minimum atomic E-state index is -0.207. The molecule has 0 saturated heterocycles. The number of thioether (sulfide) groups is 1. The van der Waals surface area contributed by atoms with Crippen LogP contribution in [0.1, 0.15) is 51.0 Å². The second kappa shape index (κ2) is 7.50. The Morgan fingerprint density at radius 1 is 1.07 bits per heavy atom. The molecule has 146 valence electrons. The Bertz CT molecular complexity index is 680. The van der Waals surface area contributed by atoms with E-state index in [-0.39, 0.29) is 22.6 Å². The molecule has 1 unspecified atom stereocenters. The number of aryl methyl sites for hydroxylation is 1. The Morgan fingerprint density at radius 2 is 1.63 bits per heavy atom. The average Bonchev–Trinajstić information content (AvgIpc) is 2.60. The standard InChI is InChI=1S/C22H30N2O2S/c1-14-3-5-19(6-4-14)23-20(25)13-27-15(2)21(26)24-22-10-16-7-17(11-22)9-18(8-16)12-22/h3-6,15-18H,7-13H2,1-2H3,(H,23,25)(H,24,26). The maximum absolute atomic E-state index is 12.8. The fraction of sp³-hybridized carbons (Fsp3) is 0.636. The van der Waals surface area contributed by atoms with E-state index in [0.29, 0.717) is 5.75 Å². The minimum Gasteiger partial charge on any atom is -0.350 e. The van der Waals surface area contributed by atoms with Gasteiger partial charge < -0.3 is 10.6 Å². The summed E-state index contributed by atoms with van der Waals surface area (Å²) >= 11 is 1.42. The van der Waals surface area contributed by atoms with Gasteiger partial charge in [-0.2, -0.15) is 0 Å². The maximum atomic E-state index is 12.8. The van der Waals surface area contributed by atoms with Crippen LogP contribution >= 0.6 is 11.8 Å². The Balaban J connectivity index is 1.26. The van der Waals surface area contributed by atoms with Gasteiger partial charge >= 0.3 is 0 Å². The predicted molar refractivity (Wildman–Crippen MR) is 111 cm³/mol. The third-order valence-electron chi connectivity index (χ3n) is 6.60. The summed E-state index contributed by atoms with van der Waals surface area (Å²) in [6, 6.07) is 7.76. The number of carbonyl (C=O) groups is 2. The summed E-state index contributed by atoms with van der Waals surface area (Å²) in [5.74, 6) is 2.80. The van der Waals surface area contributed by atoms with Gasteiger partial charge in [-0.3, -0.25) is 9.59 Å². The Hall–Kier alpha value is -1.49. The zero-order valence-corrected chi connectivity index (χ0v) is 17.1. The quantitative estimate of drug-likeness (QED) is 0.772. The van der Waals surface area contributed by atoms with Crippen molar-refractivity contribution in [3.8, 4) is 0 Å². The predicted octanol–water partition coefficient (Wildman–Crippen LogP) is 4.14. The van der Waals surface area contributed by atoms with Crippen LogP contribution in [0.2, 0.25) is 0 Å². The summed E-state index contributed by atoms with van der Waals surface area (Å²) in [6.07, 6.45) is 7.61. The lowest BCUT2D eigenvalue weighted by Crippen LogP contribution is -2.60. The van der Waals surface area contributed by atoms with Crippen LogP contribution in [0.3, 0.4) is 0 Å². The second-order valence-corrected chi connectivity index (χ2v) is 10.4. The highest BCUT2D eigenvalue weighted by Crippen LogP contribution is 2.55. The van der Waals surface area contributed by atoms with E-state index in [2.05, 4.69) is 10.6 Å². The molecule has 4 fully saturated rings. The van der Waals surface area contributed by atoms with Crippen molar-refractivity contribution in [1.82, 2.24) is 5.32 Å². The van der Waals surface area contributed by atoms with Crippen molar-refractivity contribution in [3.63, 3.8) is 0 Å². The molecule has 4 saturated carbocycles. The highest BCUT2D eigenvalue weighted by Gasteiger charge is 2.51. The van der Waals surface area contributed by atoms with E-state index >= 15 is 0 Å². The number of anilines is 1. The van der Waals surface area contributed by atoms with E-state index < -0.39 is 0 Å². The van der Waals surface area contributed by atoms with Crippen LogP contribution in [0.25, 0.3) is 0 Å². The Labute approximate surface area is 166 Å². The van der Waals surface area contributed by atoms with Gasteiger partial charge in [-0.25, -0.2) is 0 Å². The molecule has 4 bridgehead atoms. The lowest BCUT2D eigenvalue weighted by molar-refractivity contribution is -0.126. The molecule has 5 rings (SSSR count). The van der Waals surface area contributed by atoms with Crippen molar-refractivity contribution in [2.45, 2.75) is 63.2 Å². The first-order valence-electron chi connectivity index (χ1n) is 10.2. The molecule has 27 heavy (non-hydrogen) atoms. The highest BCUT2D eigenvalue weighted by atomic mass is 32.2. The Kier molecular flexibility index (Phi) is 5.23. The van der Waals surface area contributed by atoms with E-state index in [1.165, 1.54) is 31.0 Å². The number of hydrogen-bond acceptors (Lipinski definition) is 3. The molecule has 0 aromatic heterocycles. The first-order chi connectivity index (χ1) is 12.9. The topological polar surface area (TPSA) is 58.2 Å². The summed E-state index contributed by atoms with van der Waals surface area (Å²) in [5.41, 5.74) is 2.01. The number of benzene rings is 1. The summed E-state index contributed by atoms with van der Waals surface area (Å²) in [5, 5.41) is 6.10. The number of rotatable bonds is 6. The third kappa shape index (κ3) is 4.34. The van der Waals surface area contributed by atoms with E-state index in [1.807, 2.05) is 38.1 Å². The molecular formula is C22H30N2O2S. The molecule has 0 spiro atoms. The SMILES string of the molecule is Cc1ccc(NC(=O)CSC(C)C(=O)NC23CC4CC(CC(C4)C2)C3)cc1. The highest BCUT2D eigenvalue weighted by molar-refractivity contribution is 8.01. The van der Waals surface area contributed by atoms with Crippen molar-refractivity contribution in [2.75, 3.05) is 11.1 Å². The van der Waals surface area contributed by atoms with Crippen LogP contribution in [0.4, 0.5) is 5.69 Å². The van der Waals surface area contributed by atoms with Gasteiger partial charge in [0.2, 0.25) is 11.8 Å². The smallest absolute Gasteiger partial charge is 0.234 e. The molecule has 2 N–H and O–H groups in total. The zero-order chi connectivity index (χ0) is 19.0. The summed E-state index contributed by atoms with van der Waals surface area (Å²) in [7, 11) is 0. The van der Waals surface area contributed by atoms with Crippen LogP contribution in [-0.4, -0.2) is 28.4 Å². The molecule has 2 amide bonds. The lowest BCUT2D eigenvalue weighted by Gasteiger charge is -2.57. The largest absolute Gasteiger partial charge is 0.350 e. The number of nitrogens with one attached hydrogen (secondary N) is 2. The van der Waals surface area contributed by atoms with Crippen molar-refractivity contribution in [2.24, 2.45) is 17.8 Å². The molecule has 0 aliphatic heterocycles. The van der Waals surface area contributed by atoms with Crippen molar-refractivity contribution in [1.29, 1.82) is 0 Å². The third-order valence-corrected chi connectivity index (χ3v) is 7.74. The van der Waals surface area contributed by atoms with Crippen LogP contribution in [-0.2, 0) is 9.59 Å². The average molecular weight is 387 g/mol. The van der Waals surface area contributed by atoms with Gasteiger partial charge in [0, 0.05) is 11.2 Å². The van der Waals surface area contributed by atoms with E-state index in [0.717, 1.165) is 48.3 Å². The van der Waals surface area contributed by atoms with Gasteiger partial charge in [-0.05, 0) is 82.3 Å². The van der Waals surface area contributed by atoms with E-state index in [9.17, 15) is 9.59 Å². The van der Waals surface area contributed by atoms with Gasteiger partial charge in [0.1, 0.15) is 0 Å². The fourth-order valence-corrected chi connectivity index (χ4v) is 6.42. The van der Waals surface area contributed by atoms with Crippen molar-refractivity contribution >= 4 is 29.3 Å². The molecule has 1 aromatic carbocycles. The van der Waals surface area contributed by atoms with Gasteiger partial charge in [-0.1, -0.05) is 17.7 Å². The molecule has 1 aromatic rings. The summed E-state index contributed by atoms with van der Waals surface area (Å²) in [6.45, 7) is 3.94. The number of carbonyl (C=O) groups excluding carboxylic acids is 2. The molecule has 4 aliphatic rings. The first kappa shape index (κ1) is 18.9. The lowest BCUT2D eigenvalue weighted by atomic mass is 9.53. The van der Waals surface area contributed by atoms with Gasteiger partial charge in [0.05, 0.1) is 11.0 Å². The molecule has 4 aliphatic carbocycles. The van der Waals surface area contributed by atoms with E-state index in [4.69, 9.17) is 0 Å². The molecule has 1 atom stereocenters. The van der Waals surface area contributed by atoms with Gasteiger partial charge in [-0.15, -0.1) is 11.8 Å². The zero-order valence-electron chi connectivity index (χ0n) is 16.3. The van der Waals surface area contributed by atoms with Crippen LogP contribution < -0.4 is 10.6 Å². The molecule has 0 heterocycles. The number of amides is 2. The van der Waals surface area contributed by atoms with E-state index in [1.54, 1.807) is 0 Å². The molecule has 0 radical (unpaired) electrons. The fourth-order valence-electron chi connectivity index (χ4n) is 5.74. The van der Waals surface area contributed by atoms with Gasteiger partial charge in [0.25, 0.3) is 0 Å². The normalized spacial score (nSPS) is 32.1. The van der Waals surface area contributed by atoms with Gasteiger partial charge in [0.15, 0.2) is 0 Å². The first-order valence-corrected chi connectivity index (χ1v) is 11.3. The molecule has 5 heteroatoms. The second-order valence-electron chi connectivity index (χ2n) is 9.05. The minimum absolute atomic E-state index is 0.0464. The maximum Gasteiger partial charge on any atom is 0.234 e. The summed E-state index contributed by atoms with van der Waals surface area (Å²) < 4.78 is 0. The van der Waals surface area contributed by atoms with Crippen LogP contribution in [0.5, 0.6) is 0 Å². The van der Waals surface area contributed by atoms with Crippen LogP contribution in [0, 0.1) is 24.7 Å². The summed E-state index contributed by atoms with van der Waals surface area (Å²) in [4.78, 5) is 24.9. The van der Waals surface area contributed by atoms with Crippen molar-refractivity contribution < 1.29 is 9.59 Å². The Morgan fingerprint density at radius 3 is 2.19 bits per heavy atom. The van der Waals surface area contributed by atoms with Crippen molar-refractivity contribution in [3.05, 3.63) is 29.8 Å².